The molecule has 0 bridgehead atoms. The van der Waals surface area contributed by atoms with Gasteiger partial charge in [0.1, 0.15) is 0 Å². The summed E-state index contributed by atoms with van der Waals surface area (Å²) in [5.74, 6) is 0.578. The first kappa shape index (κ1) is 18.8. The minimum Gasteiger partial charge on any atom is -0.301 e. The van der Waals surface area contributed by atoms with Crippen molar-refractivity contribution in [3.05, 3.63) is 58.5 Å². The fraction of sp³-hybridized carbons (Fsp3) is 0.300. The number of aryl methyl sites for hydroxylation is 2. The van der Waals surface area contributed by atoms with Gasteiger partial charge in [0.2, 0.25) is 5.91 Å². The fourth-order valence-electron chi connectivity index (χ4n) is 3.67. The van der Waals surface area contributed by atoms with Gasteiger partial charge in [0.15, 0.2) is 15.7 Å². The molecule has 1 aliphatic rings. The number of nitrogens with zero attached hydrogens (tertiary/aromatic N) is 3. The van der Waals surface area contributed by atoms with E-state index in [2.05, 4.69) is 39.2 Å². The summed E-state index contributed by atoms with van der Waals surface area (Å²) in [7, 11) is 0. The monoisotopic (exact) mass is 411 g/mol. The van der Waals surface area contributed by atoms with E-state index in [4.69, 9.17) is 12.2 Å². The Balaban J connectivity index is 1.59. The van der Waals surface area contributed by atoms with Gasteiger partial charge in [-0.1, -0.05) is 41.7 Å². The Labute approximate surface area is 172 Å². The quantitative estimate of drug-likeness (QED) is 0.475. The standard InChI is InChI=1S/C20H21N5OS2/c1-3-11-25-17(23-24-20(25)27)16-12(2)21-19(28-16)22-18(26)15-10-6-8-13-7-4-5-9-14(13)15/h3-5,7,9,15H,1,6,8,10-11H2,2H3,(H,24,27)(H,21,22,26). The molecular formula is C20H21N5OS2. The van der Waals surface area contributed by atoms with E-state index in [1.54, 1.807) is 6.08 Å². The van der Waals surface area contributed by atoms with Crippen molar-refractivity contribution in [2.24, 2.45) is 0 Å². The molecule has 2 aromatic heterocycles. The largest absolute Gasteiger partial charge is 0.301 e. The molecule has 4 rings (SSSR count). The molecule has 2 N–H and O–H groups in total. The lowest BCUT2D eigenvalue weighted by Crippen LogP contribution is -2.24. The Kier molecular flexibility index (Phi) is 5.23. The molecule has 0 radical (unpaired) electrons. The number of aromatic amines is 1. The van der Waals surface area contributed by atoms with Crippen LogP contribution in [-0.4, -0.2) is 25.7 Å². The van der Waals surface area contributed by atoms with E-state index in [1.165, 1.54) is 16.9 Å². The molecule has 28 heavy (non-hydrogen) atoms. The lowest BCUT2D eigenvalue weighted by atomic mass is 9.82. The number of carbonyl (C=O) groups is 1. The minimum atomic E-state index is -0.132. The number of thiazole rings is 1. The molecule has 1 atom stereocenters. The normalized spacial score (nSPS) is 15.8. The molecule has 0 saturated heterocycles. The minimum absolute atomic E-state index is 0.00240. The molecule has 1 amide bonds. The third-order valence-corrected chi connectivity index (χ3v) is 6.37. The zero-order valence-corrected chi connectivity index (χ0v) is 17.2. The molecule has 1 aliphatic carbocycles. The predicted molar refractivity (Wildman–Crippen MR) is 114 cm³/mol. The van der Waals surface area contributed by atoms with Crippen molar-refractivity contribution in [1.29, 1.82) is 0 Å². The van der Waals surface area contributed by atoms with Crippen LogP contribution in [0.5, 0.6) is 0 Å². The van der Waals surface area contributed by atoms with Crippen molar-refractivity contribution in [3.63, 3.8) is 0 Å². The summed E-state index contributed by atoms with van der Waals surface area (Å²) in [5, 5.41) is 10.8. The van der Waals surface area contributed by atoms with Gasteiger partial charge in [0.05, 0.1) is 16.5 Å². The molecule has 3 aromatic rings. The van der Waals surface area contributed by atoms with Crippen LogP contribution in [0.15, 0.2) is 36.9 Å². The number of H-pyrrole nitrogens is 1. The van der Waals surface area contributed by atoms with Crippen LogP contribution in [0.4, 0.5) is 5.13 Å². The summed E-state index contributed by atoms with van der Waals surface area (Å²) in [6, 6.07) is 8.21. The van der Waals surface area contributed by atoms with Crippen molar-refractivity contribution >= 4 is 34.6 Å². The highest BCUT2D eigenvalue weighted by molar-refractivity contribution is 7.71. The van der Waals surface area contributed by atoms with Gasteiger partial charge in [-0.05, 0) is 49.5 Å². The highest BCUT2D eigenvalue weighted by atomic mass is 32.1. The number of nitrogens with one attached hydrogen (secondary N) is 2. The average molecular weight is 412 g/mol. The molecule has 8 heteroatoms. The van der Waals surface area contributed by atoms with Gasteiger partial charge in [-0.3, -0.25) is 14.5 Å². The maximum atomic E-state index is 13.0. The number of fused-ring (bicyclic) bond motifs is 1. The second-order valence-corrected chi connectivity index (χ2v) is 8.20. The summed E-state index contributed by atoms with van der Waals surface area (Å²) in [6.07, 6.45) is 4.69. The van der Waals surface area contributed by atoms with Crippen LogP contribution in [0.1, 0.15) is 35.6 Å². The van der Waals surface area contributed by atoms with Gasteiger partial charge < -0.3 is 5.32 Å². The summed E-state index contributed by atoms with van der Waals surface area (Å²) in [4.78, 5) is 18.4. The van der Waals surface area contributed by atoms with Crippen molar-refractivity contribution in [3.8, 4) is 10.7 Å². The molecule has 1 unspecified atom stereocenters. The summed E-state index contributed by atoms with van der Waals surface area (Å²) in [5.41, 5.74) is 3.21. The van der Waals surface area contributed by atoms with Crippen LogP contribution < -0.4 is 5.32 Å². The SMILES string of the molecule is C=CCn1c(-c2sc(NC(=O)C3CCCc4ccccc43)nc2C)n[nH]c1=S. The summed E-state index contributed by atoms with van der Waals surface area (Å²) < 4.78 is 2.40. The van der Waals surface area contributed by atoms with E-state index in [0.717, 1.165) is 35.4 Å². The van der Waals surface area contributed by atoms with E-state index >= 15 is 0 Å². The smallest absolute Gasteiger partial charge is 0.233 e. The van der Waals surface area contributed by atoms with Crippen molar-refractivity contribution in [2.75, 3.05) is 5.32 Å². The molecule has 0 fully saturated rings. The van der Waals surface area contributed by atoms with Gasteiger partial charge in [0.25, 0.3) is 0 Å². The third kappa shape index (κ3) is 3.45. The Morgan fingerprint density at radius 3 is 3.14 bits per heavy atom. The molecule has 1 aromatic carbocycles. The molecule has 0 aliphatic heterocycles. The maximum absolute atomic E-state index is 13.0. The van der Waals surface area contributed by atoms with E-state index in [0.29, 0.717) is 22.3 Å². The Bertz CT molecular complexity index is 1090. The summed E-state index contributed by atoms with van der Waals surface area (Å²) in [6.45, 7) is 6.24. The van der Waals surface area contributed by atoms with Crippen LogP contribution in [0.25, 0.3) is 10.7 Å². The van der Waals surface area contributed by atoms with E-state index in [1.807, 2.05) is 23.6 Å². The van der Waals surface area contributed by atoms with E-state index in [-0.39, 0.29) is 11.8 Å². The van der Waals surface area contributed by atoms with Crippen LogP contribution in [0.2, 0.25) is 0 Å². The predicted octanol–water partition coefficient (Wildman–Crippen LogP) is 4.62. The van der Waals surface area contributed by atoms with E-state index in [9.17, 15) is 4.79 Å². The number of rotatable bonds is 5. The van der Waals surface area contributed by atoms with Crippen molar-refractivity contribution in [2.45, 2.75) is 38.6 Å². The van der Waals surface area contributed by atoms with Crippen LogP contribution in [-0.2, 0) is 17.8 Å². The number of allylic oxidation sites excluding steroid dienone is 1. The zero-order valence-electron chi connectivity index (χ0n) is 15.6. The highest BCUT2D eigenvalue weighted by Gasteiger charge is 2.27. The first-order valence-corrected chi connectivity index (χ1v) is 10.4. The molecule has 2 heterocycles. The van der Waals surface area contributed by atoms with Gasteiger partial charge in [-0.15, -0.1) is 6.58 Å². The maximum Gasteiger partial charge on any atom is 0.233 e. The topological polar surface area (TPSA) is 75.6 Å². The Morgan fingerprint density at radius 2 is 2.32 bits per heavy atom. The average Bonchev–Trinajstić information content (AvgIpc) is 3.23. The molecule has 0 spiro atoms. The second-order valence-electron chi connectivity index (χ2n) is 6.82. The Hall–Kier alpha value is -2.58. The van der Waals surface area contributed by atoms with Gasteiger partial charge in [0, 0.05) is 6.54 Å². The third-order valence-electron chi connectivity index (χ3n) is 4.99. The van der Waals surface area contributed by atoms with Crippen molar-refractivity contribution < 1.29 is 4.79 Å². The number of benzene rings is 1. The number of amides is 1. The number of hydrogen-bond donors (Lipinski definition) is 2. The second kappa shape index (κ2) is 7.81. The van der Waals surface area contributed by atoms with Crippen LogP contribution >= 0.6 is 23.6 Å². The Morgan fingerprint density at radius 1 is 1.50 bits per heavy atom. The zero-order chi connectivity index (χ0) is 19.7. The van der Waals surface area contributed by atoms with Crippen LogP contribution in [0, 0.1) is 11.7 Å². The van der Waals surface area contributed by atoms with Gasteiger partial charge >= 0.3 is 0 Å². The van der Waals surface area contributed by atoms with Gasteiger partial charge in [-0.2, -0.15) is 5.10 Å². The highest BCUT2D eigenvalue weighted by Crippen LogP contribution is 2.35. The summed E-state index contributed by atoms with van der Waals surface area (Å²) >= 11 is 6.71. The molecule has 0 saturated carbocycles. The van der Waals surface area contributed by atoms with Crippen LogP contribution in [0.3, 0.4) is 0 Å². The lowest BCUT2D eigenvalue weighted by molar-refractivity contribution is -0.117. The fourth-order valence-corrected chi connectivity index (χ4v) is 4.84. The number of carbonyl (C=O) groups excluding carboxylic acids is 1. The molecular weight excluding hydrogens is 390 g/mol. The van der Waals surface area contributed by atoms with Crippen molar-refractivity contribution in [1.82, 2.24) is 19.7 Å². The lowest BCUT2D eigenvalue weighted by Gasteiger charge is -2.24. The first-order valence-electron chi connectivity index (χ1n) is 9.21. The number of hydrogen-bond acceptors (Lipinski definition) is 5. The molecule has 6 nitrogen and oxygen atoms in total. The number of anilines is 1. The van der Waals surface area contributed by atoms with E-state index < -0.39 is 0 Å². The number of aromatic nitrogens is 4. The first-order chi connectivity index (χ1) is 13.6. The van der Waals surface area contributed by atoms with Gasteiger partial charge in [-0.25, -0.2) is 4.98 Å². The molecule has 144 valence electrons.